The number of esters is 1. The van der Waals surface area contributed by atoms with Gasteiger partial charge in [0.1, 0.15) is 11.3 Å². The number of halogens is 3. The van der Waals surface area contributed by atoms with Crippen LogP contribution in [-0.2, 0) is 4.74 Å². The molecule has 0 spiro atoms. The minimum Gasteiger partial charge on any atom is -0.462 e. The van der Waals surface area contributed by atoms with E-state index in [-0.39, 0.29) is 28.6 Å². The summed E-state index contributed by atoms with van der Waals surface area (Å²) in [6, 6.07) is 2.19. The Balaban J connectivity index is 3.15. The highest BCUT2D eigenvalue weighted by Crippen LogP contribution is 2.30. The second-order valence-corrected chi connectivity index (χ2v) is 3.38. The van der Waals surface area contributed by atoms with Gasteiger partial charge in [-0.05, 0) is 13.0 Å². The van der Waals surface area contributed by atoms with Crippen molar-refractivity contribution in [3.8, 4) is 5.75 Å². The van der Waals surface area contributed by atoms with Gasteiger partial charge in [-0.15, -0.1) is 0 Å². The van der Waals surface area contributed by atoms with E-state index in [2.05, 4.69) is 9.47 Å². The van der Waals surface area contributed by atoms with Gasteiger partial charge in [0.15, 0.2) is 0 Å². The molecule has 0 saturated carbocycles. The number of benzene rings is 1. The van der Waals surface area contributed by atoms with E-state index in [1.54, 1.807) is 6.92 Å². The topological polar surface area (TPSA) is 61.5 Å². The number of anilines is 1. The molecule has 0 aliphatic rings. The summed E-state index contributed by atoms with van der Waals surface area (Å²) in [5, 5.41) is 0.0645. The first kappa shape index (κ1) is 13.5. The highest BCUT2D eigenvalue weighted by atomic mass is 35.5. The molecule has 0 saturated heterocycles. The number of ether oxygens (including phenoxy) is 2. The Labute approximate surface area is 101 Å². The highest BCUT2D eigenvalue weighted by Gasteiger charge is 2.19. The Kier molecular flexibility index (Phi) is 4.51. The summed E-state index contributed by atoms with van der Waals surface area (Å²) in [7, 11) is 0. The minimum atomic E-state index is -3.07. The molecule has 17 heavy (non-hydrogen) atoms. The molecule has 2 N–H and O–H groups in total. The van der Waals surface area contributed by atoms with E-state index < -0.39 is 12.6 Å². The molecule has 0 aromatic heterocycles. The third-order valence-electron chi connectivity index (χ3n) is 1.81. The van der Waals surface area contributed by atoms with Gasteiger partial charge >= 0.3 is 12.6 Å². The van der Waals surface area contributed by atoms with Crippen molar-refractivity contribution >= 4 is 23.3 Å². The van der Waals surface area contributed by atoms with Crippen LogP contribution in [0.2, 0.25) is 5.02 Å². The zero-order chi connectivity index (χ0) is 13.0. The smallest absolute Gasteiger partial charge is 0.387 e. The average molecular weight is 266 g/mol. The normalized spacial score (nSPS) is 10.4. The van der Waals surface area contributed by atoms with Crippen LogP contribution in [0.4, 0.5) is 14.5 Å². The molecule has 0 atom stereocenters. The van der Waals surface area contributed by atoms with Gasteiger partial charge in [0, 0.05) is 6.07 Å². The molecule has 1 rings (SSSR count). The summed E-state index contributed by atoms with van der Waals surface area (Å²) in [4.78, 5) is 11.5. The molecule has 0 bridgehead atoms. The number of alkyl halides is 2. The van der Waals surface area contributed by atoms with Crippen LogP contribution in [0.1, 0.15) is 17.3 Å². The number of carbonyl (C=O) groups excluding carboxylic acids is 1. The Morgan fingerprint density at radius 3 is 2.71 bits per heavy atom. The fraction of sp³-hybridized carbons (Fsp3) is 0.300. The minimum absolute atomic E-state index is 0.0374. The van der Waals surface area contributed by atoms with Gasteiger partial charge in [-0.25, -0.2) is 4.79 Å². The molecule has 0 radical (unpaired) electrons. The summed E-state index contributed by atoms with van der Waals surface area (Å²) in [6.07, 6.45) is 0. The van der Waals surface area contributed by atoms with Crippen molar-refractivity contribution < 1.29 is 23.0 Å². The molecule has 0 aliphatic heterocycles. The molecule has 0 aliphatic carbocycles. The molecule has 1 aromatic carbocycles. The van der Waals surface area contributed by atoms with Crippen LogP contribution < -0.4 is 10.5 Å². The van der Waals surface area contributed by atoms with E-state index in [1.807, 2.05) is 0 Å². The average Bonchev–Trinajstić information content (AvgIpc) is 2.22. The third kappa shape index (κ3) is 3.45. The maximum Gasteiger partial charge on any atom is 0.387 e. The molecule has 0 unspecified atom stereocenters. The predicted octanol–water partition coefficient (Wildman–Crippen LogP) is 2.70. The van der Waals surface area contributed by atoms with Crippen LogP contribution in [0.5, 0.6) is 5.75 Å². The number of carbonyl (C=O) groups is 1. The number of hydrogen-bond donors (Lipinski definition) is 1. The van der Waals surface area contributed by atoms with Gasteiger partial charge in [-0.2, -0.15) is 8.78 Å². The summed E-state index contributed by atoms with van der Waals surface area (Å²) < 4.78 is 33.1. The van der Waals surface area contributed by atoms with Crippen LogP contribution in [0.25, 0.3) is 0 Å². The molecule has 4 nitrogen and oxygen atoms in total. The molecule has 0 fully saturated rings. The number of nitrogen functional groups attached to an aromatic ring is 1. The van der Waals surface area contributed by atoms with E-state index in [1.165, 1.54) is 0 Å². The first-order valence-corrected chi connectivity index (χ1v) is 5.04. The van der Waals surface area contributed by atoms with Crippen LogP contribution >= 0.6 is 11.6 Å². The second kappa shape index (κ2) is 5.67. The maximum absolute atomic E-state index is 12.1. The molecular formula is C10H10ClF2NO3. The number of rotatable bonds is 4. The van der Waals surface area contributed by atoms with Gasteiger partial charge in [-0.3, -0.25) is 0 Å². The molecule has 0 amide bonds. The summed E-state index contributed by atoms with van der Waals surface area (Å²) in [5.74, 6) is -1.16. The van der Waals surface area contributed by atoms with Crippen molar-refractivity contribution in [3.63, 3.8) is 0 Å². The Morgan fingerprint density at radius 1 is 1.53 bits per heavy atom. The zero-order valence-electron chi connectivity index (χ0n) is 8.88. The van der Waals surface area contributed by atoms with Crippen LogP contribution in [0, 0.1) is 0 Å². The van der Waals surface area contributed by atoms with E-state index in [4.69, 9.17) is 17.3 Å². The first-order valence-electron chi connectivity index (χ1n) is 4.66. The van der Waals surface area contributed by atoms with Crippen LogP contribution in [0.3, 0.4) is 0 Å². The van der Waals surface area contributed by atoms with Crippen molar-refractivity contribution in [1.29, 1.82) is 0 Å². The summed E-state index contributed by atoms with van der Waals surface area (Å²) in [5.41, 5.74) is 5.28. The lowest BCUT2D eigenvalue weighted by Crippen LogP contribution is -2.11. The largest absolute Gasteiger partial charge is 0.462 e. The fourth-order valence-corrected chi connectivity index (χ4v) is 1.29. The van der Waals surface area contributed by atoms with E-state index in [9.17, 15) is 13.6 Å². The third-order valence-corrected chi connectivity index (χ3v) is 2.14. The molecular weight excluding hydrogens is 256 g/mol. The number of nitrogens with two attached hydrogens (primary N) is 1. The SMILES string of the molecule is CCOC(=O)c1cc(Cl)c(N)cc1OC(F)F. The predicted molar refractivity (Wildman–Crippen MR) is 58.5 cm³/mol. The lowest BCUT2D eigenvalue weighted by molar-refractivity contribution is -0.0504. The van der Waals surface area contributed by atoms with Crippen LogP contribution in [-0.4, -0.2) is 19.2 Å². The van der Waals surface area contributed by atoms with Crippen molar-refractivity contribution in [2.24, 2.45) is 0 Å². The van der Waals surface area contributed by atoms with Crippen molar-refractivity contribution in [2.75, 3.05) is 12.3 Å². The Hall–Kier alpha value is -1.56. The lowest BCUT2D eigenvalue weighted by atomic mass is 10.2. The molecule has 94 valence electrons. The lowest BCUT2D eigenvalue weighted by Gasteiger charge is -2.11. The van der Waals surface area contributed by atoms with Crippen molar-refractivity contribution in [3.05, 3.63) is 22.7 Å². The molecule has 1 aromatic rings. The highest BCUT2D eigenvalue weighted by molar-refractivity contribution is 6.33. The Morgan fingerprint density at radius 2 is 2.18 bits per heavy atom. The molecule has 7 heteroatoms. The first-order chi connectivity index (χ1) is 7.95. The fourth-order valence-electron chi connectivity index (χ4n) is 1.13. The summed E-state index contributed by atoms with van der Waals surface area (Å²) in [6.45, 7) is -1.37. The van der Waals surface area contributed by atoms with E-state index in [0.717, 1.165) is 12.1 Å². The maximum atomic E-state index is 12.1. The monoisotopic (exact) mass is 265 g/mol. The van der Waals surface area contributed by atoms with Gasteiger partial charge < -0.3 is 15.2 Å². The standard InChI is InChI=1S/C10H10ClF2NO3/c1-2-16-9(15)5-3-6(11)7(14)4-8(5)17-10(12)13/h3-4,10H,2,14H2,1H3. The van der Waals surface area contributed by atoms with E-state index >= 15 is 0 Å². The van der Waals surface area contributed by atoms with Crippen LogP contribution in [0.15, 0.2) is 12.1 Å². The van der Waals surface area contributed by atoms with E-state index in [0.29, 0.717) is 0 Å². The van der Waals surface area contributed by atoms with Crippen molar-refractivity contribution in [1.82, 2.24) is 0 Å². The zero-order valence-corrected chi connectivity index (χ0v) is 9.63. The second-order valence-electron chi connectivity index (χ2n) is 2.97. The van der Waals surface area contributed by atoms with Crippen molar-refractivity contribution in [2.45, 2.75) is 13.5 Å². The van der Waals surface area contributed by atoms with Gasteiger partial charge in [-0.1, -0.05) is 11.6 Å². The van der Waals surface area contributed by atoms with Gasteiger partial charge in [0.05, 0.1) is 17.3 Å². The summed E-state index contributed by atoms with van der Waals surface area (Å²) >= 11 is 5.69. The van der Waals surface area contributed by atoms with Gasteiger partial charge in [0.25, 0.3) is 0 Å². The van der Waals surface area contributed by atoms with Gasteiger partial charge in [0.2, 0.25) is 0 Å². The Bertz CT molecular complexity index is 426. The quantitative estimate of drug-likeness (QED) is 0.672. The molecule has 0 heterocycles. The number of hydrogen-bond acceptors (Lipinski definition) is 4.